The van der Waals surface area contributed by atoms with Gasteiger partial charge in [-0.25, -0.2) is 0 Å². The van der Waals surface area contributed by atoms with Crippen LogP contribution >= 0.6 is 0 Å². The summed E-state index contributed by atoms with van der Waals surface area (Å²) in [6.45, 7) is 7.78. The van der Waals surface area contributed by atoms with E-state index in [2.05, 4.69) is 10.6 Å². The van der Waals surface area contributed by atoms with Gasteiger partial charge in [-0.15, -0.1) is 0 Å². The van der Waals surface area contributed by atoms with Crippen LogP contribution in [0.5, 0.6) is 0 Å². The molecular weight excluding hydrogens is 556 g/mol. The summed E-state index contributed by atoms with van der Waals surface area (Å²) in [5, 5.41) is 5.52. The number of nitrogens with zero attached hydrogens (tertiary/aromatic N) is 2. The lowest BCUT2D eigenvalue weighted by molar-refractivity contribution is -0.152. The summed E-state index contributed by atoms with van der Waals surface area (Å²) in [7, 11) is 0. The lowest BCUT2D eigenvalue weighted by atomic mass is 9.75. The van der Waals surface area contributed by atoms with Crippen molar-refractivity contribution < 1.29 is 38.2 Å². The number of aryl methyl sites for hydroxylation is 1. The molecule has 2 unspecified atom stereocenters. The van der Waals surface area contributed by atoms with Gasteiger partial charge in [-0.05, 0) is 37.0 Å². The average molecular weight is 601 g/mol. The van der Waals surface area contributed by atoms with E-state index in [1.807, 2.05) is 32.9 Å². The Hall–Kier alpha value is -3.64. The van der Waals surface area contributed by atoms with E-state index in [1.165, 1.54) is 9.80 Å². The van der Waals surface area contributed by atoms with Crippen molar-refractivity contribution >= 4 is 41.1 Å². The molecule has 2 aliphatic rings. The van der Waals surface area contributed by atoms with E-state index < -0.39 is 5.41 Å². The van der Waals surface area contributed by atoms with Crippen LogP contribution in [-0.2, 0) is 44.7 Å². The SMILES string of the molecule is CCC(C)C1(C)CC(=O)N(CCC(=O)NCCOCCOCCC(=O)Nc2ccc(CCC(=O)N3CCC3=O)cc2)C1=O. The summed E-state index contributed by atoms with van der Waals surface area (Å²) in [5.41, 5.74) is 0.894. The maximum absolute atomic E-state index is 12.8. The second-order valence-electron chi connectivity index (χ2n) is 11.3. The minimum Gasteiger partial charge on any atom is -0.379 e. The first-order valence-electron chi connectivity index (χ1n) is 15.0. The highest BCUT2D eigenvalue weighted by atomic mass is 16.5. The fraction of sp³-hybridized carbons (Fsp3) is 0.613. The molecule has 43 heavy (non-hydrogen) atoms. The first kappa shape index (κ1) is 33.9. The van der Waals surface area contributed by atoms with Gasteiger partial charge in [-0.2, -0.15) is 0 Å². The van der Waals surface area contributed by atoms with Crippen molar-refractivity contribution in [2.75, 3.05) is 51.4 Å². The Morgan fingerprint density at radius 1 is 0.930 bits per heavy atom. The Morgan fingerprint density at radius 3 is 2.26 bits per heavy atom. The minimum absolute atomic E-state index is 0.0480. The Bertz CT molecular complexity index is 1170. The third kappa shape index (κ3) is 9.69. The lowest BCUT2D eigenvalue weighted by Crippen LogP contribution is -2.47. The molecule has 6 amide bonds. The molecule has 2 fully saturated rings. The summed E-state index contributed by atoms with van der Waals surface area (Å²) < 4.78 is 10.9. The third-order valence-electron chi connectivity index (χ3n) is 8.25. The number of rotatable bonds is 18. The van der Waals surface area contributed by atoms with E-state index in [-0.39, 0.29) is 86.8 Å². The molecule has 0 saturated carbocycles. The van der Waals surface area contributed by atoms with E-state index in [4.69, 9.17) is 9.47 Å². The molecule has 0 aromatic heterocycles. The molecular formula is C31H44N4O8. The third-order valence-corrected chi connectivity index (χ3v) is 8.25. The fourth-order valence-electron chi connectivity index (χ4n) is 4.96. The van der Waals surface area contributed by atoms with Gasteiger partial charge in [-0.3, -0.25) is 38.6 Å². The van der Waals surface area contributed by atoms with Crippen LogP contribution in [0.4, 0.5) is 5.69 Å². The number of benzene rings is 1. The van der Waals surface area contributed by atoms with Gasteiger partial charge in [-0.1, -0.05) is 32.4 Å². The van der Waals surface area contributed by atoms with Gasteiger partial charge in [0.05, 0.1) is 38.3 Å². The molecule has 2 saturated heterocycles. The topological polar surface area (TPSA) is 151 Å². The van der Waals surface area contributed by atoms with Crippen molar-refractivity contribution in [1.29, 1.82) is 0 Å². The van der Waals surface area contributed by atoms with Crippen LogP contribution in [0, 0.1) is 11.3 Å². The summed E-state index contributed by atoms with van der Waals surface area (Å²) in [4.78, 5) is 75.2. The van der Waals surface area contributed by atoms with Gasteiger partial charge >= 0.3 is 0 Å². The number of ether oxygens (including phenoxy) is 2. The molecule has 2 N–H and O–H groups in total. The largest absolute Gasteiger partial charge is 0.379 e. The van der Waals surface area contributed by atoms with Crippen LogP contribution in [0.15, 0.2) is 24.3 Å². The normalized spacial score (nSPS) is 18.9. The number of anilines is 1. The van der Waals surface area contributed by atoms with Crippen LogP contribution in [0.3, 0.4) is 0 Å². The van der Waals surface area contributed by atoms with Crippen LogP contribution in [0.2, 0.25) is 0 Å². The second-order valence-corrected chi connectivity index (χ2v) is 11.3. The van der Waals surface area contributed by atoms with Crippen LogP contribution < -0.4 is 10.6 Å². The molecule has 2 atom stereocenters. The van der Waals surface area contributed by atoms with Gasteiger partial charge < -0.3 is 20.1 Å². The molecule has 2 aliphatic heterocycles. The number of likely N-dealkylation sites (tertiary alicyclic amines) is 2. The van der Waals surface area contributed by atoms with Crippen molar-refractivity contribution in [3.63, 3.8) is 0 Å². The van der Waals surface area contributed by atoms with Gasteiger partial charge in [0.15, 0.2) is 0 Å². The van der Waals surface area contributed by atoms with Crippen molar-refractivity contribution in [3.8, 4) is 0 Å². The molecule has 0 aliphatic carbocycles. The smallest absolute Gasteiger partial charge is 0.235 e. The molecule has 2 heterocycles. The number of carbonyl (C=O) groups excluding carboxylic acids is 6. The molecule has 12 nitrogen and oxygen atoms in total. The van der Waals surface area contributed by atoms with E-state index >= 15 is 0 Å². The highest BCUT2D eigenvalue weighted by molar-refractivity contribution is 6.06. The summed E-state index contributed by atoms with van der Waals surface area (Å²) in [6, 6.07) is 7.23. The standard InChI is InChI=1S/C31H44N4O8/c1-4-22(2)31(3)21-29(40)35(30(31)41)15-11-25(36)32-14-18-43-20-19-42-17-13-26(37)33-24-8-5-23(6-9-24)7-10-27(38)34-16-12-28(34)39/h5-6,8-9,22H,4,7,10-21H2,1-3H3,(H,32,36)(H,33,37). The summed E-state index contributed by atoms with van der Waals surface area (Å²) >= 11 is 0. The number of hydrogen-bond donors (Lipinski definition) is 2. The second kappa shape index (κ2) is 16.3. The molecule has 1 aromatic rings. The first-order valence-corrected chi connectivity index (χ1v) is 15.0. The monoisotopic (exact) mass is 600 g/mol. The average Bonchev–Trinajstić information content (AvgIpc) is 3.20. The van der Waals surface area contributed by atoms with Gasteiger partial charge in [0.25, 0.3) is 0 Å². The van der Waals surface area contributed by atoms with Crippen LogP contribution in [0.1, 0.15) is 64.9 Å². The van der Waals surface area contributed by atoms with Gasteiger partial charge in [0, 0.05) is 51.0 Å². The molecule has 0 radical (unpaired) electrons. The van der Waals surface area contributed by atoms with Crippen LogP contribution in [0.25, 0.3) is 0 Å². The number of amides is 6. The van der Waals surface area contributed by atoms with Crippen molar-refractivity contribution in [2.24, 2.45) is 11.3 Å². The molecule has 3 rings (SSSR count). The summed E-state index contributed by atoms with van der Waals surface area (Å²) in [5.74, 6) is -1.05. The molecule has 1 aromatic carbocycles. The quantitative estimate of drug-likeness (QED) is 0.148. The maximum Gasteiger partial charge on any atom is 0.235 e. The molecule has 0 spiro atoms. The Labute approximate surface area is 252 Å². The van der Waals surface area contributed by atoms with Crippen molar-refractivity contribution in [1.82, 2.24) is 15.1 Å². The highest BCUT2D eigenvalue weighted by Gasteiger charge is 2.50. The number of carbonyl (C=O) groups is 6. The van der Waals surface area contributed by atoms with Gasteiger partial charge in [0.2, 0.25) is 35.4 Å². The maximum atomic E-state index is 12.8. The van der Waals surface area contributed by atoms with E-state index in [0.29, 0.717) is 44.8 Å². The zero-order chi connectivity index (χ0) is 31.4. The molecule has 12 heteroatoms. The molecule has 0 bridgehead atoms. The summed E-state index contributed by atoms with van der Waals surface area (Å²) in [6.07, 6.45) is 2.46. The van der Waals surface area contributed by atoms with Crippen molar-refractivity contribution in [2.45, 2.75) is 65.7 Å². The minimum atomic E-state index is -0.697. The zero-order valence-electron chi connectivity index (χ0n) is 25.4. The van der Waals surface area contributed by atoms with E-state index in [1.54, 1.807) is 12.1 Å². The molecule has 236 valence electrons. The van der Waals surface area contributed by atoms with Crippen molar-refractivity contribution in [3.05, 3.63) is 29.8 Å². The fourth-order valence-corrected chi connectivity index (χ4v) is 4.96. The van der Waals surface area contributed by atoms with Crippen LogP contribution in [-0.4, -0.2) is 91.3 Å². The first-order chi connectivity index (χ1) is 20.5. The zero-order valence-corrected chi connectivity index (χ0v) is 25.4. The predicted octanol–water partition coefficient (Wildman–Crippen LogP) is 2.06. The Kier molecular flexibility index (Phi) is 12.8. The lowest BCUT2D eigenvalue weighted by Gasteiger charge is -2.28. The Morgan fingerprint density at radius 2 is 1.63 bits per heavy atom. The van der Waals surface area contributed by atoms with Gasteiger partial charge in [0.1, 0.15) is 0 Å². The highest BCUT2D eigenvalue weighted by Crippen LogP contribution is 2.40. The van der Waals surface area contributed by atoms with E-state index in [0.717, 1.165) is 12.0 Å². The number of nitrogens with one attached hydrogen (secondary N) is 2. The predicted molar refractivity (Wildman–Crippen MR) is 158 cm³/mol. The number of imide groups is 2. The number of β-lactam (4-membered cyclic amide) rings is 1. The number of hydrogen-bond acceptors (Lipinski definition) is 8. The van der Waals surface area contributed by atoms with E-state index in [9.17, 15) is 28.8 Å². The Balaban J connectivity index is 1.17.